The maximum absolute atomic E-state index is 13.0. The Morgan fingerprint density at radius 2 is 1.75 bits per heavy atom. The number of hydrogen-bond donors (Lipinski definition) is 1. The van der Waals surface area contributed by atoms with Gasteiger partial charge in [-0.3, -0.25) is 4.79 Å². The van der Waals surface area contributed by atoms with E-state index in [-0.39, 0.29) is 5.91 Å². The lowest BCUT2D eigenvalue weighted by Crippen LogP contribution is -2.14. The summed E-state index contributed by atoms with van der Waals surface area (Å²) in [5, 5.41) is 7.43. The van der Waals surface area contributed by atoms with Crippen molar-refractivity contribution in [3.63, 3.8) is 0 Å². The maximum Gasteiger partial charge on any atom is 0.259 e. The number of nitrogens with zero attached hydrogens (tertiary/aromatic N) is 3. The molecule has 0 unspecified atom stereocenters. The fourth-order valence-electron chi connectivity index (χ4n) is 3.47. The molecule has 2 aromatic carbocycles. The molecule has 0 radical (unpaired) electrons. The van der Waals surface area contributed by atoms with Crippen LogP contribution in [-0.2, 0) is 0 Å². The van der Waals surface area contributed by atoms with E-state index in [1.165, 1.54) is 0 Å². The van der Waals surface area contributed by atoms with Crippen LogP contribution in [0.4, 0.5) is 5.69 Å². The lowest BCUT2D eigenvalue weighted by molar-refractivity contribution is 0.102. The third kappa shape index (κ3) is 4.32. The van der Waals surface area contributed by atoms with Crippen molar-refractivity contribution in [2.45, 2.75) is 20.8 Å². The minimum absolute atomic E-state index is 0.238. The summed E-state index contributed by atoms with van der Waals surface area (Å²) in [5.41, 5.74) is 4.50. The van der Waals surface area contributed by atoms with Crippen LogP contribution >= 0.6 is 0 Å². The fourth-order valence-corrected chi connectivity index (χ4v) is 3.47. The highest BCUT2D eigenvalue weighted by atomic mass is 16.5. The van der Waals surface area contributed by atoms with Crippen LogP contribution < -0.4 is 14.8 Å². The zero-order valence-electron chi connectivity index (χ0n) is 18.4. The van der Waals surface area contributed by atoms with E-state index in [4.69, 9.17) is 9.47 Å². The number of para-hydroxylation sites is 1. The van der Waals surface area contributed by atoms with Crippen molar-refractivity contribution in [2.24, 2.45) is 0 Å². The molecule has 0 saturated heterocycles. The highest BCUT2D eigenvalue weighted by Crippen LogP contribution is 2.31. The summed E-state index contributed by atoms with van der Waals surface area (Å²) in [5.74, 6) is 1.36. The highest BCUT2D eigenvalue weighted by Gasteiger charge is 2.19. The van der Waals surface area contributed by atoms with Crippen LogP contribution in [0.1, 0.15) is 27.3 Å². The molecule has 0 aliphatic carbocycles. The first-order chi connectivity index (χ1) is 15.5. The van der Waals surface area contributed by atoms with Gasteiger partial charge in [-0.1, -0.05) is 24.3 Å². The second-order valence-electron chi connectivity index (χ2n) is 7.39. The van der Waals surface area contributed by atoms with Crippen molar-refractivity contribution in [1.29, 1.82) is 0 Å². The summed E-state index contributed by atoms with van der Waals surface area (Å²) < 4.78 is 13.0. The Morgan fingerprint density at radius 3 is 2.44 bits per heavy atom. The zero-order chi connectivity index (χ0) is 22.7. The monoisotopic (exact) mass is 428 g/mol. The Bertz CT molecular complexity index is 1250. The van der Waals surface area contributed by atoms with E-state index in [0.717, 1.165) is 16.9 Å². The van der Waals surface area contributed by atoms with Gasteiger partial charge in [0.25, 0.3) is 5.91 Å². The van der Waals surface area contributed by atoms with Crippen LogP contribution in [0.5, 0.6) is 17.4 Å². The quantitative estimate of drug-likeness (QED) is 0.454. The van der Waals surface area contributed by atoms with E-state index in [2.05, 4.69) is 15.4 Å². The van der Waals surface area contributed by atoms with Crippen LogP contribution in [0, 0.1) is 20.8 Å². The molecule has 0 saturated carbocycles. The predicted molar refractivity (Wildman–Crippen MR) is 123 cm³/mol. The smallest absolute Gasteiger partial charge is 0.259 e. The van der Waals surface area contributed by atoms with E-state index < -0.39 is 0 Å². The molecular formula is C25H24N4O3. The van der Waals surface area contributed by atoms with Crippen LogP contribution in [-0.4, -0.2) is 27.8 Å². The van der Waals surface area contributed by atoms with Crippen LogP contribution in [0.2, 0.25) is 0 Å². The number of benzene rings is 2. The van der Waals surface area contributed by atoms with Crippen molar-refractivity contribution < 1.29 is 14.3 Å². The van der Waals surface area contributed by atoms with E-state index in [1.807, 2.05) is 69.3 Å². The van der Waals surface area contributed by atoms with Crippen molar-refractivity contribution in [1.82, 2.24) is 14.8 Å². The molecule has 0 fully saturated rings. The van der Waals surface area contributed by atoms with Crippen LogP contribution in [0.15, 0.2) is 66.9 Å². The number of amides is 1. The van der Waals surface area contributed by atoms with Crippen molar-refractivity contribution in [3.05, 3.63) is 89.4 Å². The topological polar surface area (TPSA) is 78.3 Å². The number of rotatable bonds is 6. The highest BCUT2D eigenvalue weighted by molar-refractivity contribution is 6.05. The number of methoxy groups -OCH3 is 1. The normalized spacial score (nSPS) is 10.6. The van der Waals surface area contributed by atoms with Crippen molar-refractivity contribution in [2.75, 3.05) is 12.4 Å². The van der Waals surface area contributed by atoms with Crippen LogP contribution in [0.3, 0.4) is 0 Å². The van der Waals surface area contributed by atoms with Gasteiger partial charge in [0, 0.05) is 6.07 Å². The molecule has 0 bridgehead atoms. The van der Waals surface area contributed by atoms with E-state index in [0.29, 0.717) is 34.3 Å². The fraction of sp³-hybridized carbons (Fsp3) is 0.160. The van der Waals surface area contributed by atoms with Gasteiger partial charge in [0.2, 0.25) is 5.88 Å². The van der Waals surface area contributed by atoms with Gasteiger partial charge in [-0.05, 0) is 56.7 Å². The largest absolute Gasteiger partial charge is 0.493 e. The van der Waals surface area contributed by atoms with E-state index in [9.17, 15) is 4.79 Å². The summed E-state index contributed by atoms with van der Waals surface area (Å²) in [6.45, 7) is 5.69. The third-order valence-electron chi connectivity index (χ3n) is 5.05. The lowest BCUT2D eigenvalue weighted by Gasteiger charge is -2.11. The molecule has 0 atom stereocenters. The maximum atomic E-state index is 13.0. The predicted octanol–water partition coefficient (Wildman–Crippen LogP) is 5.25. The second kappa shape index (κ2) is 8.93. The summed E-state index contributed by atoms with van der Waals surface area (Å²) in [7, 11) is 1.59. The molecule has 0 spiro atoms. The molecule has 1 amide bonds. The molecule has 2 heterocycles. The molecule has 4 aromatic rings. The molecular weight excluding hydrogens is 404 g/mol. The third-order valence-corrected chi connectivity index (χ3v) is 5.05. The van der Waals surface area contributed by atoms with Gasteiger partial charge in [-0.15, -0.1) is 0 Å². The number of aryl methyl sites for hydroxylation is 2. The number of aromatic nitrogens is 3. The zero-order valence-corrected chi connectivity index (χ0v) is 18.4. The van der Waals surface area contributed by atoms with Gasteiger partial charge in [0.15, 0.2) is 11.5 Å². The first kappa shape index (κ1) is 21.1. The lowest BCUT2D eigenvalue weighted by atomic mass is 10.2. The Balaban J connectivity index is 1.50. The molecule has 1 N–H and O–H groups in total. The summed E-state index contributed by atoms with van der Waals surface area (Å²) in [6, 6.07) is 18.8. The average Bonchev–Trinajstić information content (AvgIpc) is 3.10. The Labute approximate surface area is 186 Å². The number of carbonyl (C=O) groups is 1. The van der Waals surface area contributed by atoms with Crippen molar-refractivity contribution >= 4 is 11.6 Å². The number of carbonyl (C=O) groups excluding carboxylic acids is 1. The summed E-state index contributed by atoms with van der Waals surface area (Å²) in [6.07, 6.45) is 1.56. The van der Waals surface area contributed by atoms with E-state index in [1.54, 1.807) is 30.1 Å². The first-order valence-electron chi connectivity index (χ1n) is 10.2. The van der Waals surface area contributed by atoms with E-state index >= 15 is 0 Å². The number of pyridine rings is 1. The summed E-state index contributed by atoms with van der Waals surface area (Å²) in [4.78, 5) is 17.3. The standard InChI is InChI=1S/C25H24N4O3/c1-16-10-12-21(22(14-16)31-4)32-23-13-11-19(15-26-23)27-25(30)24-17(2)28-29(18(24)3)20-8-6-5-7-9-20/h5-15H,1-4H3,(H,27,30). The van der Waals surface area contributed by atoms with Gasteiger partial charge in [0.05, 0.1) is 41.6 Å². The van der Waals surface area contributed by atoms with Crippen molar-refractivity contribution in [3.8, 4) is 23.1 Å². The minimum atomic E-state index is -0.238. The van der Waals surface area contributed by atoms with Gasteiger partial charge >= 0.3 is 0 Å². The molecule has 0 aliphatic heterocycles. The molecule has 0 aliphatic rings. The van der Waals surface area contributed by atoms with Gasteiger partial charge in [-0.25, -0.2) is 9.67 Å². The molecule has 7 nitrogen and oxygen atoms in total. The van der Waals surface area contributed by atoms with Gasteiger partial charge < -0.3 is 14.8 Å². The summed E-state index contributed by atoms with van der Waals surface area (Å²) >= 11 is 0. The number of ether oxygens (including phenoxy) is 2. The van der Waals surface area contributed by atoms with Crippen LogP contribution in [0.25, 0.3) is 5.69 Å². The number of nitrogens with one attached hydrogen (secondary N) is 1. The number of anilines is 1. The molecule has 2 aromatic heterocycles. The SMILES string of the molecule is COc1cc(C)ccc1Oc1ccc(NC(=O)c2c(C)nn(-c3ccccc3)c2C)cn1. The van der Waals surface area contributed by atoms with Gasteiger partial charge in [-0.2, -0.15) is 5.10 Å². The minimum Gasteiger partial charge on any atom is -0.493 e. The molecule has 7 heteroatoms. The molecule has 162 valence electrons. The van der Waals surface area contributed by atoms with Gasteiger partial charge in [0.1, 0.15) is 0 Å². The first-order valence-corrected chi connectivity index (χ1v) is 10.2. The second-order valence-corrected chi connectivity index (χ2v) is 7.39. The molecule has 32 heavy (non-hydrogen) atoms. The Kier molecular flexibility index (Phi) is 5.89. The number of hydrogen-bond acceptors (Lipinski definition) is 5. The Hall–Kier alpha value is -4.13. The Morgan fingerprint density at radius 1 is 0.969 bits per heavy atom. The average molecular weight is 428 g/mol. The molecule has 4 rings (SSSR count).